The molecule has 0 aromatic heterocycles. The Morgan fingerprint density at radius 2 is 2.22 bits per heavy atom. The van der Waals surface area contributed by atoms with Gasteiger partial charge in [0.2, 0.25) is 0 Å². The molecule has 0 aliphatic heterocycles. The second-order valence-electron chi connectivity index (χ2n) is 4.72. The van der Waals surface area contributed by atoms with E-state index in [1.807, 2.05) is 13.1 Å². The summed E-state index contributed by atoms with van der Waals surface area (Å²) in [5.41, 5.74) is 1.01. The number of nitrogens with one attached hydrogen (secondary N) is 1. The summed E-state index contributed by atoms with van der Waals surface area (Å²) >= 11 is 0. The molecule has 1 rings (SSSR count). The van der Waals surface area contributed by atoms with Gasteiger partial charge < -0.3 is 15.3 Å². The molecule has 1 aromatic rings. The number of benzene rings is 1. The van der Waals surface area contributed by atoms with E-state index in [9.17, 15) is 4.39 Å². The van der Waals surface area contributed by atoms with E-state index >= 15 is 0 Å². The molecule has 0 heterocycles. The Labute approximate surface area is 109 Å². The second kappa shape index (κ2) is 8.19. The third-order valence-corrected chi connectivity index (χ3v) is 2.86. The highest BCUT2D eigenvalue weighted by molar-refractivity contribution is 5.16. The largest absolute Gasteiger partial charge is 0.395 e. The molecule has 4 heteroatoms. The molecule has 1 unspecified atom stereocenters. The third kappa shape index (κ3) is 6.10. The Kier molecular flexibility index (Phi) is 6.86. The molecule has 0 spiro atoms. The number of aliphatic hydroxyl groups excluding tert-OH is 1. The van der Waals surface area contributed by atoms with E-state index in [4.69, 9.17) is 5.11 Å². The summed E-state index contributed by atoms with van der Waals surface area (Å²) in [5, 5.41) is 12.2. The number of rotatable bonds is 8. The lowest BCUT2D eigenvalue weighted by atomic mass is 10.1. The number of hydrogen-bond donors (Lipinski definition) is 2. The van der Waals surface area contributed by atoms with Crippen molar-refractivity contribution in [2.45, 2.75) is 19.4 Å². The van der Waals surface area contributed by atoms with Gasteiger partial charge in [-0.1, -0.05) is 12.1 Å². The standard InChI is InChI=1S/C14H23FN2O/c1-12(11-17(2)8-9-18)16-7-6-13-4-3-5-14(15)10-13/h3-5,10,12,16,18H,6-9,11H2,1-2H3. The fourth-order valence-corrected chi connectivity index (χ4v) is 1.95. The van der Waals surface area contributed by atoms with E-state index in [1.165, 1.54) is 6.07 Å². The van der Waals surface area contributed by atoms with Gasteiger partial charge in [-0.15, -0.1) is 0 Å². The second-order valence-corrected chi connectivity index (χ2v) is 4.72. The number of halogens is 1. The lowest BCUT2D eigenvalue weighted by Crippen LogP contribution is -2.39. The first kappa shape index (κ1) is 15.1. The Bertz CT molecular complexity index is 346. The van der Waals surface area contributed by atoms with Crippen LogP contribution in [-0.4, -0.2) is 49.3 Å². The van der Waals surface area contributed by atoms with Crippen LogP contribution in [0.25, 0.3) is 0 Å². The van der Waals surface area contributed by atoms with Gasteiger partial charge in [0.25, 0.3) is 0 Å². The topological polar surface area (TPSA) is 35.5 Å². The maximum atomic E-state index is 13.0. The summed E-state index contributed by atoms with van der Waals surface area (Å²) < 4.78 is 13.0. The van der Waals surface area contributed by atoms with Gasteiger partial charge in [0.15, 0.2) is 0 Å². The molecule has 0 bridgehead atoms. The summed E-state index contributed by atoms with van der Waals surface area (Å²) in [6.07, 6.45) is 0.825. The zero-order valence-electron chi connectivity index (χ0n) is 11.2. The van der Waals surface area contributed by atoms with E-state index in [2.05, 4.69) is 17.1 Å². The van der Waals surface area contributed by atoms with Crippen molar-refractivity contribution in [3.63, 3.8) is 0 Å². The number of nitrogens with zero attached hydrogens (tertiary/aromatic N) is 1. The summed E-state index contributed by atoms with van der Waals surface area (Å²) in [6, 6.07) is 7.07. The SMILES string of the molecule is CC(CN(C)CCO)NCCc1cccc(F)c1. The van der Waals surface area contributed by atoms with Gasteiger partial charge in [0, 0.05) is 19.1 Å². The van der Waals surface area contributed by atoms with Crippen LogP contribution in [0.3, 0.4) is 0 Å². The highest BCUT2D eigenvalue weighted by atomic mass is 19.1. The smallest absolute Gasteiger partial charge is 0.123 e. The van der Waals surface area contributed by atoms with Crippen LogP contribution in [0.2, 0.25) is 0 Å². The Hall–Kier alpha value is -0.970. The van der Waals surface area contributed by atoms with Gasteiger partial charge in [-0.3, -0.25) is 0 Å². The van der Waals surface area contributed by atoms with Crippen molar-refractivity contribution in [3.8, 4) is 0 Å². The highest BCUT2D eigenvalue weighted by Gasteiger charge is 2.05. The molecule has 0 aliphatic carbocycles. The molecule has 2 N–H and O–H groups in total. The molecule has 18 heavy (non-hydrogen) atoms. The van der Waals surface area contributed by atoms with Crippen LogP contribution in [0.4, 0.5) is 4.39 Å². The van der Waals surface area contributed by atoms with Crippen LogP contribution in [0.1, 0.15) is 12.5 Å². The predicted octanol–water partition coefficient (Wildman–Crippen LogP) is 1.27. The molecule has 0 aliphatic rings. The average Bonchev–Trinajstić information content (AvgIpc) is 2.29. The summed E-state index contributed by atoms with van der Waals surface area (Å²) in [6.45, 7) is 4.71. The molecule has 0 radical (unpaired) electrons. The van der Waals surface area contributed by atoms with Gasteiger partial charge >= 0.3 is 0 Å². The van der Waals surface area contributed by atoms with E-state index in [0.717, 1.165) is 25.1 Å². The molecular weight excluding hydrogens is 231 g/mol. The molecule has 0 saturated heterocycles. The van der Waals surface area contributed by atoms with Crippen molar-refractivity contribution < 1.29 is 9.50 Å². The van der Waals surface area contributed by atoms with Crippen molar-refractivity contribution in [3.05, 3.63) is 35.6 Å². The van der Waals surface area contributed by atoms with Gasteiger partial charge in [-0.2, -0.15) is 0 Å². The first-order valence-corrected chi connectivity index (χ1v) is 6.39. The molecule has 1 aromatic carbocycles. The molecule has 1 atom stereocenters. The zero-order valence-corrected chi connectivity index (χ0v) is 11.2. The molecular formula is C14H23FN2O. The first-order chi connectivity index (χ1) is 8.61. The maximum Gasteiger partial charge on any atom is 0.123 e. The van der Waals surface area contributed by atoms with Crippen molar-refractivity contribution >= 4 is 0 Å². The van der Waals surface area contributed by atoms with E-state index < -0.39 is 0 Å². The van der Waals surface area contributed by atoms with Crippen LogP contribution in [0.15, 0.2) is 24.3 Å². The van der Waals surface area contributed by atoms with E-state index in [-0.39, 0.29) is 12.4 Å². The van der Waals surface area contributed by atoms with Crippen LogP contribution in [-0.2, 0) is 6.42 Å². The fourth-order valence-electron chi connectivity index (χ4n) is 1.95. The molecule has 3 nitrogen and oxygen atoms in total. The summed E-state index contributed by atoms with van der Waals surface area (Å²) in [7, 11) is 1.99. The number of aliphatic hydroxyl groups is 1. The minimum atomic E-state index is -0.178. The minimum absolute atomic E-state index is 0.178. The van der Waals surface area contributed by atoms with Gasteiger partial charge in [0.1, 0.15) is 5.82 Å². The van der Waals surface area contributed by atoms with Gasteiger partial charge in [-0.25, -0.2) is 4.39 Å². The Morgan fingerprint density at radius 1 is 1.44 bits per heavy atom. The average molecular weight is 254 g/mol. The van der Waals surface area contributed by atoms with Crippen molar-refractivity contribution in [1.29, 1.82) is 0 Å². The Morgan fingerprint density at radius 3 is 2.89 bits per heavy atom. The minimum Gasteiger partial charge on any atom is -0.395 e. The van der Waals surface area contributed by atoms with Gasteiger partial charge in [-0.05, 0) is 44.6 Å². The Balaban J connectivity index is 2.21. The lowest BCUT2D eigenvalue weighted by Gasteiger charge is -2.21. The van der Waals surface area contributed by atoms with Crippen LogP contribution < -0.4 is 5.32 Å². The quantitative estimate of drug-likeness (QED) is 0.733. The van der Waals surface area contributed by atoms with Crippen molar-refractivity contribution in [1.82, 2.24) is 10.2 Å². The van der Waals surface area contributed by atoms with E-state index in [0.29, 0.717) is 12.6 Å². The molecule has 0 amide bonds. The van der Waals surface area contributed by atoms with E-state index in [1.54, 1.807) is 12.1 Å². The molecule has 102 valence electrons. The summed E-state index contributed by atoms with van der Waals surface area (Å²) in [5.74, 6) is -0.178. The van der Waals surface area contributed by atoms with Crippen molar-refractivity contribution in [2.24, 2.45) is 0 Å². The van der Waals surface area contributed by atoms with Crippen LogP contribution in [0, 0.1) is 5.82 Å². The first-order valence-electron chi connectivity index (χ1n) is 6.39. The zero-order chi connectivity index (χ0) is 13.4. The normalized spacial score (nSPS) is 12.9. The van der Waals surface area contributed by atoms with Crippen LogP contribution in [0.5, 0.6) is 0 Å². The lowest BCUT2D eigenvalue weighted by molar-refractivity contribution is 0.211. The van der Waals surface area contributed by atoms with Crippen molar-refractivity contribution in [2.75, 3.05) is 33.3 Å². The monoisotopic (exact) mass is 254 g/mol. The third-order valence-electron chi connectivity index (χ3n) is 2.86. The molecule has 0 fully saturated rings. The number of likely N-dealkylation sites (N-methyl/N-ethyl adjacent to an activating group) is 1. The predicted molar refractivity (Wildman–Crippen MR) is 72.2 cm³/mol. The van der Waals surface area contributed by atoms with Crippen LogP contribution >= 0.6 is 0 Å². The number of hydrogen-bond acceptors (Lipinski definition) is 3. The fraction of sp³-hybridized carbons (Fsp3) is 0.571. The molecule has 0 saturated carbocycles. The maximum absolute atomic E-state index is 13.0. The summed E-state index contributed by atoms with van der Waals surface area (Å²) in [4.78, 5) is 2.08. The van der Waals surface area contributed by atoms with Gasteiger partial charge in [0.05, 0.1) is 6.61 Å². The highest BCUT2D eigenvalue weighted by Crippen LogP contribution is 2.03.